The van der Waals surface area contributed by atoms with Gasteiger partial charge in [0.25, 0.3) is 0 Å². The quantitative estimate of drug-likeness (QED) is 0.762. The Morgan fingerprint density at radius 2 is 1.95 bits per heavy atom. The summed E-state index contributed by atoms with van der Waals surface area (Å²) in [5.74, 6) is 0. The van der Waals surface area contributed by atoms with Crippen LogP contribution < -0.4 is 0 Å². The molecule has 4 heteroatoms. The summed E-state index contributed by atoms with van der Waals surface area (Å²) in [6.45, 7) is 7.72. The molecule has 2 nitrogen and oxygen atoms in total. The largest absolute Gasteiger partial charge is 0.291 e. The molecule has 106 valence electrons. The van der Waals surface area contributed by atoms with Crippen molar-refractivity contribution in [3.8, 4) is 0 Å². The lowest BCUT2D eigenvalue weighted by atomic mass is 9.93. The lowest BCUT2D eigenvalue weighted by Crippen LogP contribution is -2.42. The first-order valence-electron chi connectivity index (χ1n) is 7.28. The highest BCUT2D eigenvalue weighted by molar-refractivity contribution is 7.09. The summed E-state index contributed by atoms with van der Waals surface area (Å²) >= 11 is 8.16. The van der Waals surface area contributed by atoms with Gasteiger partial charge >= 0.3 is 0 Å². The average molecular weight is 299 g/mol. The molecule has 2 unspecified atom stereocenters. The Bertz CT molecular complexity index is 437. The van der Waals surface area contributed by atoms with Gasteiger partial charge in [-0.05, 0) is 25.7 Å². The van der Waals surface area contributed by atoms with E-state index >= 15 is 0 Å². The van der Waals surface area contributed by atoms with Gasteiger partial charge in [0.1, 0.15) is 5.01 Å². The zero-order chi connectivity index (χ0) is 13.6. The number of alkyl halides is 1. The molecule has 2 fully saturated rings. The van der Waals surface area contributed by atoms with E-state index in [1.165, 1.54) is 23.5 Å². The Morgan fingerprint density at radius 1 is 1.32 bits per heavy atom. The summed E-state index contributed by atoms with van der Waals surface area (Å²) in [6.07, 6.45) is 4.97. The molecule has 2 aliphatic heterocycles. The molecule has 3 rings (SSSR count). The van der Waals surface area contributed by atoms with E-state index in [0.717, 1.165) is 19.4 Å². The topological polar surface area (TPSA) is 16.1 Å². The molecule has 1 aromatic rings. The predicted molar refractivity (Wildman–Crippen MR) is 82.0 cm³/mol. The number of halogens is 1. The average Bonchev–Trinajstić information content (AvgIpc) is 2.85. The molecule has 2 aliphatic rings. The molecule has 2 saturated heterocycles. The van der Waals surface area contributed by atoms with Crippen molar-refractivity contribution in [2.45, 2.75) is 75.9 Å². The van der Waals surface area contributed by atoms with Crippen molar-refractivity contribution in [1.29, 1.82) is 0 Å². The zero-order valence-corrected chi connectivity index (χ0v) is 13.6. The maximum atomic E-state index is 6.34. The molecular formula is C15H23ClN2S. The van der Waals surface area contributed by atoms with Crippen molar-refractivity contribution in [1.82, 2.24) is 9.88 Å². The van der Waals surface area contributed by atoms with Crippen LogP contribution in [0, 0.1) is 0 Å². The van der Waals surface area contributed by atoms with E-state index in [0.29, 0.717) is 17.5 Å². The Morgan fingerprint density at radius 3 is 2.47 bits per heavy atom. The number of nitrogens with zero attached hydrogens (tertiary/aromatic N) is 2. The van der Waals surface area contributed by atoms with Gasteiger partial charge in [-0.2, -0.15) is 0 Å². The number of hydrogen-bond acceptors (Lipinski definition) is 3. The van der Waals surface area contributed by atoms with E-state index < -0.39 is 0 Å². The number of fused-ring (bicyclic) bond motifs is 2. The predicted octanol–water partition coefficient (Wildman–Crippen LogP) is 4.17. The Balaban J connectivity index is 1.71. The highest BCUT2D eigenvalue weighted by Gasteiger charge is 2.40. The van der Waals surface area contributed by atoms with Gasteiger partial charge < -0.3 is 0 Å². The third-order valence-electron chi connectivity index (χ3n) is 4.46. The number of rotatable bonds is 2. The number of piperidine rings is 1. The minimum Gasteiger partial charge on any atom is -0.291 e. The normalized spacial score (nSPS) is 31.9. The van der Waals surface area contributed by atoms with E-state index in [4.69, 9.17) is 16.6 Å². The van der Waals surface area contributed by atoms with Crippen molar-refractivity contribution in [2.24, 2.45) is 0 Å². The molecule has 0 amide bonds. The fourth-order valence-electron chi connectivity index (χ4n) is 3.35. The zero-order valence-electron chi connectivity index (χ0n) is 12.0. The summed E-state index contributed by atoms with van der Waals surface area (Å²) in [5, 5.41) is 3.90. The van der Waals surface area contributed by atoms with Gasteiger partial charge in [-0.15, -0.1) is 22.9 Å². The van der Waals surface area contributed by atoms with E-state index in [-0.39, 0.29) is 5.41 Å². The van der Waals surface area contributed by atoms with Gasteiger partial charge in [0.15, 0.2) is 0 Å². The first-order valence-corrected chi connectivity index (χ1v) is 8.60. The first-order chi connectivity index (χ1) is 8.93. The van der Waals surface area contributed by atoms with Crippen molar-refractivity contribution in [2.75, 3.05) is 0 Å². The number of thiazole rings is 1. The molecule has 1 aromatic heterocycles. The standard InChI is InChI=1S/C15H23ClN2S/c1-15(2,3)13-9-19-14(17-13)8-18-11-4-5-12(18)7-10(16)6-11/h9-12H,4-8H2,1-3H3. The highest BCUT2D eigenvalue weighted by Crippen LogP contribution is 2.39. The van der Waals surface area contributed by atoms with Gasteiger partial charge in [-0.3, -0.25) is 4.90 Å². The molecule has 19 heavy (non-hydrogen) atoms. The number of aromatic nitrogens is 1. The summed E-state index contributed by atoms with van der Waals surface area (Å²) in [6, 6.07) is 1.39. The van der Waals surface area contributed by atoms with Crippen LogP contribution in [-0.4, -0.2) is 27.3 Å². The van der Waals surface area contributed by atoms with Gasteiger partial charge in [0.2, 0.25) is 0 Å². The maximum absolute atomic E-state index is 6.34. The molecule has 0 aliphatic carbocycles. The third-order valence-corrected chi connectivity index (χ3v) is 5.65. The van der Waals surface area contributed by atoms with Gasteiger partial charge in [0, 0.05) is 28.3 Å². The summed E-state index contributed by atoms with van der Waals surface area (Å²) in [7, 11) is 0. The summed E-state index contributed by atoms with van der Waals surface area (Å²) < 4.78 is 0. The van der Waals surface area contributed by atoms with Crippen LogP contribution in [0.1, 0.15) is 57.2 Å². The van der Waals surface area contributed by atoms with Crippen LogP contribution in [0.25, 0.3) is 0 Å². The smallest absolute Gasteiger partial charge is 0.107 e. The lowest BCUT2D eigenvalue weighted by molar-refractivity contribution is 0.134. The molecule has 0 spiro atoms. The van der Waals surface area contributed by atoms with Crippen LogP contribution >= 0.6 is 22.9 Å². The van der Waals surface area contributed by atoms with Gasteiger partial charge in [0.05, 0.1) is 12.2 Å². The second-order valence-corrected chi connectivity index (χ2v) is 8.56. The van der Waals surface area contributed by atoms with Crippen LogP contribution in [-0.2, 0) is 12.0 Å². The minimum absolute atomic E-state index is 0.164. The monoisotopic (exact) mass is 298 g/mol. The fourth-order valence-corrected chi connectivity index (χ4v) is 4.79. The van der Waals surface area contributed by atoms with Crippen LogP contribution in [0.3, 0.4) is 0 Å². The maximum Gasteiger partial charge on any atom is 0.107 e. The lowest BCUT2D eigenvalue weighted by Gasteiger charge is -2.36. The molecular weight excluding hydrogens is 276 g/mol. The van der Waals surface area contributed by atoms with Crippen LogP contribution in [0.2, 0.25) is 0 Å². The molecule has 2 bridgehead atoms. The summed E-state index contributed by atoms with van der Waals surface area (Å²) in [5.41, 5.74) is 1.39. The van der Waals surface area contributed by atoms with Crippen molar-refractivity contribution in [3.63, 3.8) is 0 Å². The molecule has 2 atom stereocenters. The van der Waals surface area contributed by atoms with Crippen LogP contribution in [0.15, 0.2) is 5.38 Å². The van der Waals surface area contributed by atoms with Crippen molar-refractivity contribution >= 4 is 22.9 Å². The van der Waals surface area contributed by atoms with E-state index in [1.54, 1.807) is 0 Å². The molecule has 0 saturated carbocycles. The fraction of sp³-hybridized carbons (Fsp3) is 0.800. The van der Waals surface area contributed by atoms with E-state index in [2.05, 4.69) is 31.1 Å². The van der Waals surface area contributed by atoms with E-state index in [1.807, 2.05) is 11.3 Å². The molecule has 0 radical (unpaired) electrons. The SMILES string of the molecule is CC(C)(C)c1csc(CN2C3CCC2CC(Cl)C3)n1. The Labute approximate surface area is 125 Å². The molecule has 0 N–H and O–H groups in total. The van der Waals surface area contributed by atoms with Crippen molar-refractivity contribution in [3.05, 3.63) is 16.1 Å². The first kappa shape index (κ1) is 13.8. The number of hydrogen-bond donors (Lipinski definition) is 0. The molecule has 3 heterocycles. The van der Waals surface area contributed by atoms with Crippen LogP contribution in [0.4, 0.5) is 0 Å². The highest BCUT2D eigenvalue weighted by atomic mass is 35.5. The third kappa shape index (κ3) is 2.84. The van der Waals surface area contributed by atoms with E-state index in [9.17, 15) is 0 Å². The molecule has 0 aromatic carbocycles. The summed E-state index contributed by atoms with van der Waals surface area (Å²) in [4.78, 5) is 7.49. The van der Waals surface area contributed by atoms with Crippen LogP contribution in [0.5, 0.6) is 0 Å². The minimum atomic E-state index is 0.164. The van der Waals surface area contributed by atoms with Gasteiger partial charge in [-0.1, -0.05) is 20.8 Å². The van der Waals surface area contributed by atoms with Crippen molar-refractivity contribution < 1.29 is 0 Å². The second-order valence-electron chi connectivity index (χ2n) is 7.00. The van der Waals surface area contributed by atoms with Gasteiger partial charge in [-0.25, -0.2) is 4.98 Å². The second kappa shape index (κ2) is 5.01. The Hall–Kier alpha value is -0.120. The Kier molecular flexibility index (Phi) is 3.65.